The Balaban J connectivity index is 1.86. The molecule has 1 fully saturated rings. The van der Waals surface area contributed by atoms with Crippen molar-refractivity contribution in [2.24, 2.45) is 0 Å². The predicted molar refractivity (Wildman–Crippen MR) is 125 cm³/mol. The fourth-order valence-electron chi connectivity index (χ4n) is 3.77. The van der Waals surface area contributed by atoms with Crippen LogP contribution in [0.4, 0.5) is 11.4 Å². The maximum Gasteiger partial charge on any atom is 0.338 e. The quantitative estimate of drug-likeness (QED) is 0.670. The zero-order valence-electron chi connectivity index (χ0n) is 19.0. The van der Waals surface area contributed by atoms with Crippen LogP contribution in [0.15, 0.2) is 42.5 Å². The van der Waals surface area contributed by atoms with Crippen LogP contribution in [-0.4, -0.2) is 56.1 Å². The lowest BCUT2D eigenvalue weighted by molar-refractivity contribution is 0.0526. The summed E-state index contributed by atoms with van der Waals surface area (Å²) in [5, 5.41) is 3.03. The first kappa shape index (κ1) is 22.8. The van der Waals surface area contributed by atoms with E-state index in [0.717, 1.165) is 38.4 Å². The lowest BCUT2D eigenvalue weighted by atomic mass is 10.0. The first-order valence-corrected chi connectivity index (χ1v) is 11.1. The van der Waals surface area contributed by atoms with Crippen molar-refractivity contribution < 1.29 is 14.3 Å². The minimum absolute atomic E-state index is 0.190. The topological polar surface area (TPSA) is 61.9 Å². The van der Waals surface area contributed by atoms with Gasteiger partial charge in [0.1, 0.15) is 0 Å². The van der Waals surface area contributed by atoms with Crippen molar-refractivity contribution in [2.45, 2.75) is 33.6 Å². The van der Waals surface area contributed by atoms with Crippen molar-refractivity contribution in [2.75, 3.05) is 49.5 Å². The maximum absolute atomic E-state index is 13.0. The van der Waals surface area contributed by atoms with Crippen molar-refractivity contribution in [3.05, 3.63) is 59.2 Å². The van der Waals surface area contributed by atoms with Gasteiger partial charge in [0.25, 0.3) is 5.91 Å². The molecule has 6 nitrogen and oxygen atoms in total. The number of benzene rings is 2. The Bertz CT molecular complexity index is 901. The third-order valence-corrected chi connectivity index (χ3v) is 5.76. The molecule has 1 aliphatic rings. The molecule has 1 N–H and O–H groups in total. The van der Waals surface area contributed by atoms with E-state index < -0.39 is 0 Å². The van der Waals surface area contributed by atoms with Gasteiger partial charge in [-0.15, -0.1) is 0 Å². The second kappa shape index (κ2) is 10.4. The Kier molecular flexibility index (Phi) is 7.69. The van der Waals surface area contributed by atoms with Gasteiger partial charge < -0.3 is 19.9 Å². The largest absolute Gasteiger partial charge is 0.462 e. The first-order valence-electron chi connectivity index (χ1n) is 11.1. The monoisotopic (exact) mass is 423 g/mol. The minimum atomic E-state index is -0.387. The molecule has 2 aromatic rings. The average molecular weight is 424 g/mol. The van der Waals surface area contributed by atoms with Crippen LogP contribution in [0.2, 0.25) is 0 Å². The first-order chi connectivity index (χ1) is 14.9. The van der Waals surface area contributed by atoms with Gasteiger partial charge in [-0.2, -0.15) is 0 Å². The van der Waals surface area contributed by atoms with Gasteiger partial charge in [-0.25, -0.2) is 4.79 Å². The molecule has 0 atom stereocenters. The molecule has 1 aliphatic heterocycles. The lowest BCUT2D eigenvalue weighted by Crippen LogP contribution is -2.46. The summed E-state index contributed by atoms with van der Waals surface area (Å²) in [5.74, 6) is -0.168. The van der Waals surface area contributed by atoms with Crippen LogP contribution >= 0.6 is 0 Å². The molecule has 0 bridgehead atoms. The molecule has 0 aromatic heterocycles. The molecular formula is C25H33N3O3. The lowest BCUT2D eigenvalue weighted by Gasteiger charge is -2.36. The number of rotatable bonds is 7. The van der Waals surface area contributed by atoms with E-state index in [1.807, 2.05) is 30.3 Å². The molecule has 1 saturated heterocycles. The number of piperazine rings is 1. The Morgan fingerprint density at radius 2 is 1.61 bits per heavy atom. The number of esters is 1. The summed E-state index contributed by atoms with van der Waals surface area (Å²) in [6.07, 6.45) is 0. The molecule has 1 amide bonds. The van der Waals surface area contributed by atoms with Crippen molar-refractivity contribution >= 4 is 23.3 Å². The molecule has 1 heterocycles. The molecule has 0 unspecified atom stereocenters. The molecule has 2 aromatic carbocycles. The molecule has 0 spiro atoms. The zero-order chi connectivity index (χ0) is 22.4. The van der Waals surface area contributed by atoms with Gasteiger partial charge in [-0.05, 0) is 55.3 Å². The zero-order valence-corrected chi connectivity index (χ0v) is 19.0. The Morgan fingerprint density at radius 1 is 0.968 bits per heavy atom. The Morgan fingerprint density at radius 3 is 2.19 bits per heavy atom. The van der Waals surface area contributed by atoms with E-state index in [4.69, 9.17) is 4.74 Å². The van der Waals surface area contributed by atoms with Crippen molar-refractivity contribution in [3.8, 4) is 0 Å². The summed E-state index contributed by atoms with van der Waals surface area (Å²) in [6, 6.07) is 13.1. The second-order valence-corrected chi connectivity index (χ2v) is 8.10. The molecule has 6 heteroatoms. The van der Waals surface area contributed by atoms with E-state index in [1.54, 1.807) is 19.1 Å². The Labute approximate surface area is 185 Å². The van der Waals surface area contributed by atoms with Crippen LogP contribution in [0.1, 0.15) is 59.9 Å². The van der Waals surface area contributed by atoms with Crippen molar-refractivity contribution in [3.63, 3.8) is 0 Å². The van der Waals surface area contributed by atoms with Gasteiger partial charge in [0, 0.05) is 31.7 Å². The van der Waals surface area contributed by atoms with Crippen LogP contribution in [0.3, 0.4) is 0 Å². The standard InChI is InChI=1S/C25H33N3O3/c1-5-27-13-15-28(16-14-27)23-12-11-21(25(30)31-6-2)17-22(23)26-24(29)20-9-7-19(8-10-20)18(3)4/h7-12,17-18H,5-6,13-16H2,1-4H3,(H,26,29). The predicted octanol–water partition coefficient (Wildman–Crippen LogP) is 4.38. The molecule has 0 saturated carbocycles. The molecule has 0 radical (unpaired) electrons. The van der Waals surface area contributed by atoms with Gasteiger partial charge >= 0.3 is 5.97 Å². The number of anilines is 2. The van der Waals surface area contributed by atoms with E-state index in [9.17, 15) is 9.59 Å². The molecular weight excluding hydrogens is 390 g/mol. The van der Waals surface area contributed by atoms with E-state index in [1.165, 1.54) is 5.56 Å². The minimum Gasteiger partial charge on any atom is -0.462 e. The molecule has 3 rings (SSSR count). The van der Waals surface area contributed by atoms with Crippen LogP contribution in [0.25, 0.3) is 0 Å². The molecule has 31 heavy (non-hydrogen) atoms. The van der Waals surface area contributed by atoms with E-state index >= 15 is 0 Å². The van der Waals surface area contributed by atoms with Crippen molar-refractivity contribution in [1.82, 2.24) is 4.90 Å². The van der Waals surface area contributed by atoms with Gasteiger partial charge in [-0.1, -0.05) is 32.9 Å². The number of carbonyl (C=O) groups is 2. The summed E-state index contributed by atoms with van der Waals surface area (Å²) >= 11 is 0. The molecule has 166 valence electrons. The van der Waals surface area contributed by atoms with Crippen LogP contribution in [0.5, 0.6) is 0 Å². The number of likely N-dealkylation sites (N-methyl/N-ethyl adjacent to an activating group) is 1. The summed E-state index contributed by atoms with van der Waals surface area (Å²) in [5.41, 5.74) is 3.77. The summed E-state index contributed by atoms with van der Waals surface area (Å²) in [7, 11) is 0. The third kappa shape index (κ3) is 5.64. The fourth-order valence-corrected chi connectivity index (χ4v) is 3.77. The number of hydrogen-bond acceptors (Lipinski definition) is 5. The SMILES string of the molecule is CCOC(=O)c1ccc(N2CCN(CC)CC2)c(NC(=O)c2ccc(C(C)C)cc2)c1. The summed E-state index contributed by atoms with van der Waals surface area (Å²) < 4.78 is 5.15. The van der Waals surface area contributed by atoms with Crippen LogP contribution in [-0.2, 0) is 4.74 Å². The van der Waals surface area contributed by atoms with E-state index in [2.05, 4.69) is 35.9 Å². The van der Waals surface area contributed by atoms with Crippen LogP contribution < -0.4 is 10.2 Å². The fraction of sp³-hybridized carbons (Fsp3) is 0.440. The highest BCUT2D eigenvalue weighted by Gasteiger charge is 2.21. The van der Waals surface area contributed by atoms with Gasteiger partial charge in [-0.3, -0.25) is 4.79 Å². The van der Waals surface area contributed by atoms with Crippen LogP contribution in [0, 0.1) is 0 Å². The van der Waals surface area contributed by atoms with Gasteiger partial charge in [0.15, 0.2) is 0 Å². The van der Waals surface area contributed by atoms with Gasteiger partial charge in [0.05, 0.1) is 23.5 Å². The number of hydrogen-bond donors (Lipinski definition) is 1. The summed E-state index contributed by atoms with van der Waals surface area (Å²) in [4.78, 5) is 29.9. The highest BCUT2D eigenvalue weighted by atomic mass is 16.5. The number of nitrogens with zero attached hydrogens (tertiary/aromatic N) is 2. The average Bonchev–Trinajstić information content (AvgIpc) is 2.79. The Hall–Kier alpha value is -2.86. The number of ether oxygens (including phenoxy) is 1. The highest BCUT2D eigenvalue weighted by molar-refractivity contribution is 6.06. The highest BCUT2D eigenvalue weighted by Crippen LogP contribution is 2.29. The normalized spacial score (nSPS) is 14.5. The maximum atomic E-state index is 13.0. The second-order valence-electron chi connectivity index (χ2n) is 8.10. The van der Waals surface area contributed by atoms with E-state index in [-0.39, 0.29) is 11.9 Å². The summed E-state index contributed by atoms with van der Waals surface area (Å²) in [6.45, 7) is 13.2. The van der Waals surface area contributed by atoms with Crippen molar-refractivity contribution in [1.29, 1.82) is 0 Å². The third-order valence-electron chi connectivity index (χ3n) is 5.76. The number of nitrogens with one attached hydrogen (secondary N) is 1. The molecule has 0 aliphatic carbocycles. The van der Waals surface area contributed by atoms with E-state index in [0.29, 0.717) is 29.3 Å². The number of carbonyl (C=O) groups excluding carboxylic acids is 2. The van der Waals surface area contributed by atoms with Gasteiger partial charge in [0.2, 0.25) is 0 Å². The number of amides is 1. The smallest absolute Gasteiger partial charge is 0.338 e.